The van der Waals surface area contributed by atoms with E-state index in [1.807, 2.05) is 27.7 Å². The minimum Gasteiger partial charge on any atom is -0.598 e. The smallest absolute Gasteiger partial charge is 0.404 e. The number of carboxylic acid groups (broad SMARTS) is 1. The zero-order chi connectivity index (χ0) is 14.6. The molecule has 0 heterocycles. The summed E-state index contributed by atoms with van der Waals surface area (Å²) in [5.41, 5.74) is 0. The van der Waals surface area contributed by atoms with E-state index in [2.05, 4.69) is 10.0 Å². The van der Waals surface area contributed by atoms with Crippen LogP contribution < -0.4 is 10.0 Å². The van der Waals surface area contributed by atoms with Crippen LogP contribution in [0.3, 0.4) is 0 Å². The van der Waals surface area contributed by atoms with Crippen LogP contribution in [0.4, 0.5) is 4.79 Å². The molecule has 0 aromatic carbocycles. The van der Waals surface area contributed by atoms with E-state index < -0.39 is 17.5 Å². The average molecular weight is 290 g/mol. The van der Waals surface area contributed by atoms with E-state index in [0.29, 0.717) is 5.92 Å². The van der Waals surface area contributed by atoms with Gasteiger partial charge < -0.3 is 15.0 Å². The molecule has 1 aliphatic carbocycles. The van der Waals surface area contributed by atoms with Gasteiger partial charge in [-0.15, -0.1) is 4.72 Å². The fraction of sp³-hybridized carbons (Fsp3) is 0.923. The lowest BCUT2D eigenvalue weighted by Gasteiger charge is -2.34. The highest BCUT2D eigenvalue weighted by molar-refractivity contribution is 7.90. The summed E-state index contributed by atoms with van der Waals surface area (Å²) >= 11 is -1.08. The number of amides is 1. The van der Waals surface area contributed by atoms with Crippen LogP contribution >= 0.6 is 0 Å². The van der Waals surface area contributed by atoms with Crippen molar-refractivity contribution in [3.63, 3.8) is 0 Å². The molecule has 1 amide bonds. The number of hydrogen-bond donors (Lipinski definition) is 3. The van der Waals surface area contributed by atoms with Gasteiger partial charge in [0.25, 0.3) is 0 Å². The van der Waals surface area contributed by atoms with E-state index in [1.54, 1.807) is 0 Å². The van der Waals surface area contributed by atoms with Crippen LogP contribution in [0.1, 0.15) is 53.4 Å². The Hall–Kier alpha value is -0.460. The highest BCUT2D eigenvalue weighted by Gasteiger charge is 2.33. The van der Waals surface area contributed by atoms with Gasteiger partial charge in [0, 0.05) is 17.4 Å². The summed E-state index contributed by atoms with van der Waals surface area (Å²) in [6.45, 7) is 7.87. The second-order valence-electron chi connectivity index (χ2n) is 6.36. The maximum Gasteiger partial charge on any atom is 0.404 e. The molecule has 0 saturated heterocycles. The van der Waals surface area contributed by atoms with Crippen LogP contribution in [0.15, 0.2) is 0 Å². The van der Waals surface area contributed by atoms with Crippen LogP contribution in [0.25, 0.3) is 0 Å². The van der Waals surface area contributed by atoms with Crippen molar-refractivity contribution in [2.24, 2.45) is 5.92 Å². The summed E-state index contributed by atoms with van der Waals surface area (Å²) in [6, 6.07) is 0.169. The Morgan fingerprint density at radius 1 is 1.42 bits per heavy atom. The van der Waals surface area contributed by atoms with Gasteiger partial charge in [0.2, 0.25) is 0 Å². The van der Waals surface area contributed by atoms with Gasteiger partial charge in [-0.3, -0.25) is 0 Å². The fourth-order valence-corrected chi connectivity index (χ4v) is 3.31. The Bertz CT molecular complexity index is 307. The molecule has 3 N–H and O–H groups in total. The van der Waals surface area contributed by atoms with E-state index in [9.17, 15) is 9.35 Å². The molecule has 6 heteroatoms. The first kappa shape index (κ1) is 16.6. The van der Waals surface area contributed by atoms with Gasteiger partial charge in [0.05, 0.1) is 6.04 Å². The molecule has 0 aromatic heterocycles. The van der Waals surface area contributed by atoms with Crippen molar-refractivity contribution in [3.8, 4) is 0 Å². The number of hydrogen-bond acceptors (Lipinski definition) is 3. The minimum atomic E-state index is -1.08. The van der Waals surface area contributed by atoms with Crippen molar-refractivity contribution in [1.82, 2.24) is 10.0 Å². The molecule has 1 aliphatic rings. The van der Waals surface area contributed by atoms with Crippen LogP contribution in [0, 0.1) is 5.92 Å². The lowest BCUT2D eigenvalue weighted by atomic mass is 9.82. The van der Waals surface area contributed by atoms with E-state index in [0.717, 1.165) is 25.7 Å². The van der Waals surface area contributed by atoms with Gasteiger partial charge in [-0.25, -0.2) is 4.79 Å². The number of carbonyl (C=O) groups is 1. The van der Waals surface area contributed by atoms with Gasteiger partial charge in [0.1, 0.15) is 4.75 Å². The summed E-state index contributed by atoms with van der Waals surface area (Å²) in [5, 5.41) is 11.3. The fourth-order valence-electron chi connectivity index (χ4n) is 2.43. The molecule has 4 atom stereocenters. The van der Waals surface area contributed by atoms with Gasteiger partial charge in [-0.05, 0) is 52.9 Å². The van der Waals surface area contributed by atoms with Crippen LogP contribution in [-0.4, -0.2) is 32.6 Å². The zero-order valence-electron chi connectivity index (χ0n) is 12.2. The molecule has 0 aliphatic heterocycles. The third kappa shape index (κ3) is 5.58. The van der Waals surface area contributed by atoms with Crippen molar-refractivity contribution in [2.75, 3.05) is 0 Å². The van der Waals surface area contributed by atoms with Crippen LogP contribution in [-0.2, 0) is 11.4 Å². The second-order valence-corrected chi connectivity index (χ2v) is 8.36. The molecule has 5 nitrogen and oxygen atoms in total. The van der Waals surface area contributed by atoms with Crippen molar-refractivity contribution in [2.45, 2.75) is 70.2 Å². The van der Waals surface area contributed by atoms with E-state index in [-0.39, 0.29) is 16.8 Å². The Kier molecular flexibility index (Phi) is 5.95. The van der Waals surface area contributed by atoms with E-state index >= 15 is 0 Å². The van der Waals surface area contributed by atoms with Gasteiger partial charge in [-0.1, -0.05) is 6.42 Å². The van der Waals surface area contributed by atoms with Crippen molar-refractivity contribution in [3.05, 3.63) is 0 Å². The standard InChI is InChI=1S/C13H26N2O3S/c1-9(15-19(18)13(2,3)4)10-6-5-7-11(8-10)14-12(16)17/h9-11,14-15H,5-8H2,1-4H3,(H,16,17)/t9-,10-,11+,19-/m0/s1. The topological polar surface area (TPSA) is 84.4 Å². The van der Waals surface area contributed by atoms with Gasteiger partial charge in [0.15, 0.2) is 0 Å². The molecule has 0 radical (unpaired) electrons. The molecule has 1 saturated carbocycles. The summed E-state index contributed by atoms with van der Waals surface area (Å²) in [5.74, 6) is 0.372. The third-order valence-corrected chi connectivity index (χ3v) is 5.30. The summed E-state index contributed by atoms with van der Waals surface area (Å²) in [6.07, 6.45) is 2.85. The molecule has 0 bridgehead atoms. The molecule has 112 valence electrons. The molecule has 0 unspecified atom stereocenters. The Morgan fingerprint density at radius 2 is 2.05 bits per heavy atom. The predicted octanol–water partition coefficient (Wildman–Crippen LogP) is 2.25. The highest BCUT2D eigenvalue weighted by atomic mass is 32.2. The van der Waals surface area contributed by atoms with Crippen molar-refractivity contribution in [1.29, 1.82) is 0 Å². The lowest BCUT2D eigenvalue weighted by Crippen LogP contribution is -2.48. The van der Waals surface area contributed by atoms with E-state index in [4.69, 9.17) is 5.11 Å². The second kappa shape index (κ2) is 6.81. The van der Waals surface area contributed by atoms with Crippen molar-refractivity contribution >= 4 is 17.5 Å². The Morgan fingerprint density at radius 3 is 2.58 bits per heavy atom. The first-order chi connectivity index (χ1) is 8.70. The Balaban J connectivity index is 2.48. The average Bonchev–Trinajstić information content (AvgIpc) is 2.27. The molecule has 1 rings (SSSR count). The summed E-state index contributed by atoms with van der Waals surface area (Å²) in [7, 11) is 0. The monoisotopic (exact) mass is 290 g/mol. The maximum atomic E-state index is 12.1. The van der Waals surface area contributed by atoms with Gasteiger partial charge >= 0.3 is 6.09 Å². The third-order valence-electron chi connectivity index (χ3n) is 3.60. The van der Waals surface area contributed by atoms with Crippen molar-refractivity contribution < 1.29 is 14.5 Å². The molecule has 0 aromatic rings. The Labute approximate surface area is 118 Å². The molecule has 19 heavy (non-hydrogen) atoms. The van der Waals surface area contributed by atoms with E-state index in [1.165, 1.54) is 0 Å². The highest BCUT2D eigenvalue weighted by Crippen LogP contribution is 2.28. The van der Waals surface area contributed by atoms with Crippen LogP contribution in [0.2, 0.25) is 0 Å². The molecular formula is C13H26N2O3S. The summed E-state index contributed by atoms with van der Waals surface area (Å²) in [4.78, 5) is 10.7. The SMILES string of the molecule is C[C@H](N[S@@+]([O-])C(C)(C)C)[C@H]1CCC[C@@H](NC(=O)O)C1. The maximum absolute atomic E-state index is 12.1. The van der Waals surface area contributed by atoms with Crippen LogP contribution in [0.5, 0.6) is 0 Å². The van der Waals surface area contributed by atoms with Gasteiger partial charge in [-0.2, -0.15) is 0 Å². The summed E-state index contributed by atoms with van der Waals surface area (Å²) < 4.78 is 15.0. The number of rotatable bonds is 4. The number of nitrogens with one attached hydrogen (secondary N) is 2. The largest absolute Gasteiger partial charge is 0.598 e. The lowest BCUT2D eigenvalue weighted by molar-refractivity contribution is 0.178. The normalized spacial score (nSPS) is 27.6. The first-order valence-electron chi connectivity index (χ1n) is 6.87. The zero-order valence-corrected chi connectivity index (χ0v) is 13.0. The molecular weight excluding hydrogens is 264 g/mol. The molecule has 1 fully saturated rings. The predicted molar refractivity (Wildman–Crippen MR) is 77.4 cm³/mol. The quantitative estimate of drug-likeness (QED) is 0.693. The minimum absolute atomic E-state index is 0.0311. The molecule has 0 spiro atoms. The first-order valence-corrected chi connectivity index (χ1v) is 8.02.